The van der Waals surface area contributed by atoms with Crippen LogP contribution in [0.1, 0.15) is 43.2 Å². The molecule has 1 aromatic carbocycles. The van der Waals surface area contributed by atoms with Crippen molar-refractivity contribution in [3.05, 3.63) is 46.6 Å². The molecule has 1 N–H and O–H groups in total. The highest BCUT2D eigenvalue weighted by Gasteiger charge is 2.23. The van der Waals surface area contributed by atoms with E-state index in [4.69, 9.17) is 4.98 Å². The minimum absolute atomic E-state index is 0.0528. The molecule has 0 bridgehead atoms. The second kappa shape index (κ2) is 6.24. The molecule has 0 spiro atoms. The Morgan fingerprint density at radius 2 is 1.69 bits per heavy atom. The maximum atomic E-state index is 12.4. The molecule has 0 aliphatic heterocycles. The average Bonchev–Trinajstić information content (AvgIpc) is 2.87. The zero-order valence-corrected chi connectivity index (χ0v) is 16.6. The number of fused-ring (bicyclic) bond motifs is 1. The fourth-order valence-corrected chi connectivity index (χ4v) is 3.00. The molecule has 0 saturated carbocycles. The SMILES string of the molecule is Cc1cc(C)c2nc(-n3nc(C)cc3NC(=O)C(C)(C)C)cc(C)c2c1. The van der Waals surface area contributed by atoms with Crippen LogP contribution in [0.15, 0.2) is 24.3 Å². The molecular formula is C21H26N4O. The maximum Gasteiger partial charge on any atom is 0.230 e. The minimum Gasteiger partial charge on any atom is -0.310 e. The molecule has 5 nitrogen and oxygen atoms in total. The summed E-state index contributed by atoms with van der Waals surface area (Å²) in [5.41, 5.74) is 4.80. The second-order valence-corrected chi connectivity index (χ2v) is 8.06. The number of anilines is 1. The third-order valence-electron chi connectivity index (χ3n) is 4.41. The Kier molecular flexibility index (Phi) is 4.34. The third kappa shape index (κ3) is 3.34. The lowest BCUT2D eigenvalue weighted by molar-refractivity contribution is -0.123. The number of hydrogen-bond acceptors (Lipinski definition) is 3. The van der Waals surface area contributed by atoms with E-state index in [1.54, 1.807) is 4.68 Å². The van der Waals surface area contributed by atoms with E-state index in [1.807, 2.05) is 39.8 Å². The van der Waals surface area contributed by atoms with Crippen molar-refractivity contribution in [3.8, 4) is 5.82 Å². The van der Waals surface area contributed by atoms with Crippen molar-refractivity contribution in [3.63, 3.8) is 0 Å². The van der Waals surface area contributed by atoms with Crippen LogP contribution in [-0.4, -0.2) is 20.7 Å². The van der Waals surface area contributed by atoms with Crippen molar-refractivity contribution in [2.45, 2.75) is 48.5 Å². The molecule has 0 aliphatic rings. The molecule has 0 saturated heterocycles. The number of aromatic nitrogens is 3. The van der Waals surface area contributed by atoms with E-state index in [-0.39, 0.29) is 5.91 Å². The lowest BCUT2D eigenvalue weighted by Gasteiger charge is -2.18. The van der Waals surface area contributed by atoms with Crippen LogP contribution in [0.2, 0.25) is 0 Å². The van der Waals surface area contributed by atoms with Gasteiger partial charge in [0.1, 0.15) is 5.82 Å². The number of amides is 1. The minimum atomic E-state index is -0.482. The van der Waals surface area contributed by atoms with E-state index < -0.39 is 5.41 Å². The van der Waals surface area contributed by atoms with Gasteiger partial charge in [0.2, 0.25) is 5.91 Å². The topological polar surface area (TPSA) is 59.8 Å². The van der Waals surface area contributed by atoms with Crippen LogP contribution in [0.25, 0.3) is 16.7 Å². The summed E-state index contributed by atoms with van der Waals surface area (Å²) in [5, 5.41) is 8.68. The molecule has 0 atom stereocenters. The van der Waals surface area contributed by atoms with Crippen LogP contribution >= 0.6 is 0 Å². The van der Waals surface area contributed by atoms with Gasteiger partial charge in [0.05, 0.1) is 11.2 Å². The summed E-state index contributed by atoms with van der Waals surface area (Å²) in [5.74, 6) is 1.29. The van der Waals surface area contributed by atoms with Gasteiger partial charge in [-0.2, -0.15) is 9.78 Å². The number of benzene rings is 1. The zero-order chi connectivity index (χ0) is 19.2. The molecule has 0 fully saturated rings. The Balaban J connectivity index is 2.14. The van der Waals surface area contributed by atoms with Crippen LogP contribution in [0.5, 0.6) is 0 Å². The summed E-state index contributed by atoms with van der Waals surface area (Å²) in [6.07, 6.45) is 0. The summed E-state index contributed by atoms with van der Waals surface area (Å²) in [4.78, 5) is 17.3. The number of carbonyl (C=O) groups is 1. The summed E-state index contributed by atoms with van der Waals surface area (Å²) in [6, 6.07) is 8.17. The smallest absolute Gasteiger partial charge is 0.230 e. The van der Waals surface area contributed by atoms with Gasteiger partial charge in [0.25, 0.3) is 0 Å². The molecule has 136 valence electrons. The molecule has 5 heteroatoms. The first-order chi connectivity index (χ1) is 12.1. The standard InChI is InChI=1S/C21H26N4O/c1-12-8-14(3)19-16(9-12)13(2)10-17(22-19)25-18(11-15(4)24-25)23-20(26)21(5,6)7/h8-11H,1-7H3,(H,23,26). The molecule has 1 amide bonds. The van der Waals surface area contributed by atoms with Crippen molar-refractivity contribution < 1.29 is 4.79 Å². The molecule has 26 heavy (non-hydrogen) atoms. The van der Waals surface area contributed by atoms with Crippen molar-refractivity contribution in [2.24, 2.45) is 5.41 Å². The van der Waals surface area contributed by atoms with Crippen molar-refractivity contribution in [2.75, 3.05) is 5.32 Å². The first-order valence-electron chi connectivity index (χ1n) is 8.83. The molecule has 2 aromatic heterocycles. The van der Waals surface area contributed by atoms with E-state index in [0.29, 0.717) is 11.6 Å². The number of nitrogens with zero attached hydrogens (tertiary/aromatic N) is 3. The molecule has 3 aromatic rings. The number of hydrogen-bond donors (Lipinski definition) is 1. The third-order valence-corrected chi connectivity index (χ3v) is 4.41. The van der Waals surface area contributed by atoms with Crippen molar-refractivity contribution in [1.82, 2.24) is 14.8 Å². The fraction of sp³-hybridized carbons (Fsp3) is 0.381. The van der Waals surface area contributed by atoms with Crippen LogP contribution in [0.4, 0.5) is 5.82 Å². The molecule has 0 unspecified atom stereocenters. The highest BCUT2D eigenvalue weighted by molar-refractivity contribution is 5.94. The number of carbonyl (C=O) groups excluding carboxylic acids is 1. The van der Waals surface area contributed by atoms with E-state index in [1.165, 1.54) is 5.56 Å². The zero-order valence-electron chi connectivity index (χ0n) is 16.6. The molecular weight excluding hydrogens is 324 g/mol. The summed E-state index contributed by atoms with van der Waals surface area (Å²) < 4.78 is 1.71. The number of rotatable bonds is 2. The maximum absolute atomic E-state index is 12.4. The Bertz CT molecular complexity index is 1010. The number of nitrogens with one attached hydrogen (secondary N) is 1. The largest absolute Gasteiger partial charge is 0.310 e. The van der Waals surface area contributed by atoms with Gasteiger partial charge in [0.15, 0.2) is 5.82 Å². The molecule has 0 radical (unpaired) electrons. The van der Waals surface area contributed by atoms with Gasteiger partial charge in [-0.3, -0.25) is 4.79 Å². The van der Waals surface area contributed by atoms with Gasteiger partial charge in [-0.15, -0.1) is 0 Å². The Morgan fingerprint density at radius 1 is 1.00 bits per heavy atom. The normalized spacial score (nSPS) is 11.8. The highest BCUT2D eigenvalue weighted by atomic mass is 16.2. The lowest BCUT2D eigenvalue weighted by Crippen LogP contribution is -2.28. The lowest BCUT2D eigenvalue weighted by atomic mass is 9.96. The Labute approximate surface area is 154 Å². The number of pyridine rings is 1. The summed E-state index contributed by atoms with van der Waals surface area (Å²) >= 11 is 0. The molecule has 0 aliphatic carbocycles. The second-order valence-electron chi connectivity index (χ2n) is 8.06. The van der Waals surface area contributed by atoms with Gasteiger partial charge >= 0.3 is 0 Å². The highest BCUT2D eigenvalue weighted by Crippen LogP contribution is 2.26. The van der Waals surface area contributed by atoms with Gasteiger partial charge in [-0.05, 0) is 51.0 Å². The van der Waals surface area contributed by atoms with Gasteiger partial charge in [-0.25, -0.2) is 4.98 Å². The fourth-order valence-electron chi connectivity index (χ4n) is 3.00. The van der Waals surface area contributed by atoms with Crippen LogP contribution in [0, 0.1) is 33.1 Å². The monoisotopic (exact) mass is 350 g/mol. The first kappa shape index (κ1) is 18.1. The van der Waals surface area contributed by atoms with Gasteiger partial charge in [0, 0.05) is 16.9 Å². The molecule has 3 rings (SSSR count). The molecule has 2 heterocycles. The predicted octanol–water partition coefficient (Wildman–Crippen LogP) is 4.64. The van der Waals surface area contributed by atoms with Crippen LogP contribution in [-0.2, 0) is 4.79 Å². The van der Waals surface area contributed by atoms with Crippen molar-refractivity contribution >= 4 is 22.6 Å². The van der Waals surface area contributed by atoms with E-state index in [9.17, 15) is 4.79 Å². The summed E-state index contributed by atoms with van der Waals surface area (Å²) in [6.45, 7) is 13.8. The van der Waals surface area contributed by atoms with E-state index in [0.717, 1.165) is 27.7 Å². The Hall–Kier alpha value is -2.69. The van der Waals surface area contributed by atoms with Crippen molar-refractivity contribution in [1.29, 1.82) is 0 Å². The van der Waals surface area contributed by atoms with Gasteiger partial charge < -0.3 is 5.32 Å². The van der Waals surface area contributed by atoms with E-state index in [2.05, 4.69) is 43.3 Å². The Morgan fingerprint density at radius 3 is 2.35 bits per heavy atom. The first-order valence-corrected chi connectivity index (χ1v) is 8.83. The van der Waals surface area contributed by atoms with E-state index >= 15 is 0 Å². The van der Waals surface area contributed by atoms with Crippen LogP contribution in [0.3, 0.4) is 0 Å². The summed E-state index contributed by atoms with van der Waals surface area (Å²) in [7, 11) is 0. The number of aryl methyl sites for hydroxylation is 4. The quantitative estimate of drug-likeness (QED) is 0.732. The predicted molar refractivity (Wildman–Crippen MR) is 106 cm³/mol. The van der Waals surface area contributed by atoms with Crippen LogP contribution < -0.4 is 5.32 Å². The average molecular weight is 350 g/mol. The van der Waals surface area contributed by atoms with Gasteiger partial charge in [-0.1, -0.05) is 32.4 Å².